The summed E-state index contributed by atoms with van der Waals surface area (Å²) in [6.07, 6.45) is 0. The smallest absolute Gasteiger partial charge is 0.268 e. The zero-order valence-corrected chi connectivity index (χ0v) is 11.3. The zero-order chi connectivity index (χ0) is 14.6. The number of carbonyl (C=O) groups is 2. The van der Waals surface area contributed by atoms with Crippen LogP contribution in [0.5, 0.6) is 0 Å². The molecule has 19 heavy (non-hydrogen) atoms. The van der Waals surface area contributed by atoms with Crippen molar-refractivity contribution in [2.45, 2.75) is 3.79 Å². The Hall–Kier alpha value is -1.57. The fraction of sp³-hybridized carbons (Fsp3) is 0.111. The molecule has 2 amide bonds. The largest absolute Gasteiger partial charge is 0.290 e. The molecule has 0 atom stereocenters. The van der Waals surface area contributed by atoms with E-state index in [0.717, 1.165) is 6.07 Å². The summed E-state index contributed by atoms with van der Waals surface area (Å²) in [6, 6.07) is 5.19. The van der Waals surface area contributed by atoms with Gasteiger partial charge in [-0.3, -0.25) is 30.6 Å². The van der Waals surface area contributed by atoms with E-state index in [1.165, 1.54) is 18.2 Å². The van der Waals surface area contributed by atoms with Gasteiger partial charge in [-0.15, -0.1) is 0 Å². The average Bonchev–Trinajstić information content (AvgIpc) is 2.34. The van der Waals surface area contributed by atoms with Crippen molar-refractivity contribution in [3.05, 3.63) is 39.9 Å². The molecule has 2 N–H and O–H groups in total. The average molecular weight is 327 g/mol. The monoisotopic (exact) mass is 325 g/mol. The second-order valence-corrected chi connectivity index (χ2v) is 5.46. The standard InChI is InChI=1S/C9H6Cl3N3O4/c10-9(11,12)8(17)14-13-7(16)5-3-1-2-4-6(5)15(18)19/h1-4H,(H,13,16)(H,14,17). The van der Waals surface area contributed by atoms with Crippen LogP contribution >= 0.6 is 34.8 Å². The Bertz CT molecular complexity index is 530. The van der Waals surface area contributed by atoms with E-state index in [9.17, 15) is 19.7 Å². The predicted octanol–water partition coefficient (Wildman–Crippen LogP) is 1.73. The van der Waals surface area contributed by atoms with Crippen molar-refractivity contribution in [2.24, 2.45) is 0 Å². The van der Waals surface area contributed by atoms with Crippen molar-refractivity contribution in [3.8, 4) is 0 Å². The molecule has 1 rings (SSSR count). The van der Waals surface area contributed by atoms with Crippen molar-refractivity contribution in [2.75, 3.05) is 0 Å². The van der Waals surface area contributed by atoms with Gasteiger partial charge in [-0.1, -0.05) is 46.9 Å². The van der Waals surface area contributed by atoms with Gasteiger partial charge in [-0.25, -0.2) is 0 Å². The van der Waals surface area contributed by atoms with E-state index in [4.69, 9.17) is 34.8 Å². The van der Waals surface area contributed by atoms with E-state index in [1.54, 1.807) is 0 Å². The molecule has 0 spiro atoms. The lowest BCUT2D eigenvalue weighted by Gasteiger charge is -2.12. The number of rotatable bonds is 2. The van der Waals surface area contributed by atoms with Gasteiger partial charge < -0.3 is 0 Å². The normalized spacial score (nSPS) is 10.7. The molecule has 0 aliphatic rings. The fourth-order valence-electron chi connectivity index (χ4n) is 1.08. The minimum Gasteiger partial charge on any atom is -0.268 e. The van der Waals surface area contributed by atoms with Crippen LogP contribution in [0.15, 0.2) is 24.3 Å². The highest BCUT2D eigenvalue weighted by Gasteiger charge is 2.31. The summed E-state index contributed by atoms with van der Waals surface area (Å²) in [5, 5.41) is 10.7. The van der Waals surface area contributed by atoms with Crippen molar-refractivity contribution >= 4 is 52.3 Å². The number of nitro groups is 1. The number of carbonyl (C=O) groups excluding carboxylic acids is 2. The van der Waals surface area contributed by atoms with Crippen LogP contribution in [0, 0.1) is 10.1 Å². The Morgan fingerprint density at radius 2 is 1.74 bits per heavy atom. The van der Waals surface area contributed by atoms with E-state index in [0.29, 0.717) is 0 Å². The Kier molecular flexibility index (Phi) is 4.93. The van der Waals surface area contributed by atoms with Gasteiger partial charge in [-0.2, -0.15) is 0 Å². The van der Waals surface area contributed by atoms with Crippen LogP contribution in [0.4, 0.5) is 5.69 Å². The first-order valence-corrected chi connectivity index (χ1v) is 5.78. The lowest BCUT2D eigenvalue weighted by atomic mass is 10.2. The second-order valence-electron chi connectivity index (χ2n) is 3.18. The number of hydrogen-bond acceptors (Lipinski definition) is 4. The Labute approximate surface area is 121 Å². The van der Waals surface area contributed by atoms with Gasteiger partial charge >= 0.3 is 0 Å². The summed E-state index contributed by atoms with van der Waals surface area (Å²) < 4.78 is -2.25. The van der Waals surface area contributed by atoms with Crippen molar-refractivity contribution in [3.63, 3.8) is 0 Å². The quantitative estimate of drug-likeness (QED) is 0.491. The van der Waals surface area contributed by atoms with Gasteiger partial charge in [0.25, 0.3) is 21.3 Å². The summed E-state index contributed by atoms with van der Waals surface area (Å²) in [5.74, 6) is -2.00. The molecule has 7 nitrogen and oxygen atoms in total. The van der Waals surface area contributed by atoms with Gasteiger partial charge in [0, 0.05) is 6.07 Å². The van der Waals surface area contributed by atoms with Gasteiger partial charge in [0.15, 0.2) is 0 Å². The number of amides is 2. The lowest BCUT2D eigenvalue weighted by Crippen LogP contribution is -2.46. The highest BCUT2D eigenvalue weighted by molar-refractivity contribution is 6.76. The molecule has 0 fully saturated rings. The van der Waals surface area contributed by atoms with E-state index < -0.39 is 26.2 Å². The number of nitro benzene ring substituents is 1. The van der Waals surface area contributed by atoms with E-state index >= 15 is 0 Å². The predicted molar refractivity (Wildman–Crippen MR) is 69.0 cm³/mol. The molecule has 1 aromatic rings. The minimum atomic E-state index is -2.25. The number of benzene rings is 1. The number of hydrazine groups is 1. The van der Waals surface area contributed by atoms with Crippen LogP contribution in [0.25, 0.3) is 0 Å². The number of hydrogen-bond donors (Lipinski definition) is 2. The molecule has 0 unspecified atom stereocenters. The van der Waals surface area contributed by atoms with Crippen LogP contribution < -0.4 is 10.9 Å². The topological polar surface area (TPSA) is 101 Å². The van der Waals surface area contributed by atoms with Crippen LogP contribution in [-0.4, -0.2) is 20.5 Å². The molecule has 0 radical (unpaired) electrons. The van der Waals surface area contributed by atoms with Gasteiger partial charge in [0.1, 0.15) is 5.56 Å². The number of nitrogens with zero attached hydrogens (tertiary/aromatic N) is 1. The molecule has 0 heterocycles. The summed E-state index contributed by atoms with van der Waals surface area (Å²) >= 11 is 15.8. The van der Waals surface area contributed by atoms with Crippen molar-refractivity contribution < 1.29 is 14.5 Å². The molecular formula is C9H6Cl3N3O4. The summed E-state index contributed by atoms with van der Waals surface area (Å²) in [4.78, 5) is 32.8. The molecule has 0 bridgehead atoms. The molecule has 10 heteroatoms. The fourth-order valence-corrected chi connectivity index (χ4v) is 1.22. The summed E-state index contributed by atoms with van der Waals surface area (Å²) in [6.45, 7) is 0. The lowest BCUT2D eigenvalue weighted by molar-refractivity contribution is -0.385. The third-order valence-electron chi connectivity index (χ3n) is 1.89. The zero-order valence-electron chi connectivity index (χ0n) is 9.02. The first kappa shape index (κ1) is 15.5. The maximum Gasteiger partial charge on any atom is 0.290 e. The Balaban J connectivity index is 2.80. The minimum absolute atomic E-state index is 0.239. The highest BCUT2D eigenvalue weighted by atomic mass is 35.6. The third-order valence-corrected chi connectivity index (χ3v) is 2.41. The number of halogens is 3. The SMILES string of the molecule is O=C(NNC(=O)C(Cl)(Cl)Cl)c1ccccc1[N+](=O)[O-]. The molecule has 0 aliphatic heterocycles. The van der Waals surface area contributed by atoms with Crippen LogP contribution in [0.1, 0.15) is 10.4 Å². The molecule has 0 aliphatic carbocycles. The third kappa shape index (κ3) is 4.23. The van der Waals surface area contributed by atoms with Gasteiger partial charge in [-0.05, 0) is 6.07 Å². The van der Waals surface area contributed by atoms with Crippen LogP contribution in [0.3, 0.4) is 0 Å². The molecule has 0 aromatic heterocycles. The molecular weight excluding hydrogens is 320 g/mol. The number of nitrogens with one attached hydrogen (secondary N) is 2. The summed E-state index contributed by atoms with van der Waals surface area (Å²) in [7, 11) is 0. The highest BCUT2D eigenvalue weighted by Crippen LogP contribution is 2.25. The van der Waals surface area contributed by atoms with Gasteiger partial charge in [0.05, 0.1) is 4.92 Å². The molecule has 1 aromatic carbocycles. The first-order chi connectivity index (χ1) is 8.73. The van der Waals surface area contributed by atoms with Gasteiger partial charge in [0.2, 0.25) is 0 Å². The van der Waals surface area contributed by atoms with E-state index in [1.807, 2.05) is 10.9 Å². The molecule has 0 saturated carbocycles. The maximum absolute atomic E-state index is 11.6. The van der Waals surface area contributed by atoms with Crippen molar-refractivity contribution in [1.82, 2.24) is 10.9 Å². The Morgan fingerprint density at radius 1 is 1.16 bits per heavy atom. The number of para-hydroxylation sites is 1. The van der Waals surface area contributed by atoms with E-state index in [-0.39, 0.29) is 5.56 Å². The summed E-state index contributed by atoms with van der Waals surface area (Å²) in [5.41, 5.74) is 3.08. The molecule has 102 valence electrons. The number of alkyl halides is 3. The first-order valence-electron chi connectivity index (χ1n) is 4.64. The molecule has 0 saturated heterocycles. The second kappa shape index (κ2) is 6.05. The Morgan fingerprint density at radius 3 is 2.26 bits per heavy atom. The van der Waals surface area contributed by atoms with E-state index in [2.05, 4.69) is 0 Å². The van der Waals surface area contributed by atoms with Crippen LogP contribution in [0.2, 0.25) is 0 Å². The van der Waals surface area contributed by atoms with Crippen LogP contribution in [-0.2, 0) is 4.79 Å². The maximum atomic E-state index is 11.6. The van der Waals surface area contributed by atoms with Crippen molar-refractivity contribution in [1.29, 1.82) is 0 Å².